The van der Waals surface area contributed by atoms with Crippen molar-refractivity contribution < 1.29 is 15.0 Å². The van der Waals surface area contributed by atoms with Crippen LogP contribution in [0.1, 0.15) is 5.56 Å². The maximum Gasteiger partial charge on any atom is 0.247 e. The summed E-state index contributed by atoms with van der Waals surface area (Å²) in [6.45, 7) is 0.260. The van der Waals surface area contributed by atoms with Gasteiger partial charge in [-0.25, -0.2) is 0 Å². The quantitative estimate of drug-likeness (QED) is 0.586. The standard InChI is InChI=1S/C10H13ClN2O3/c11-7-2-1-3-8(14)6(7)4-13-5-9(15)10(12)16/h1-3,9,13-15H,4-5H2,(H2,12,16). The van der Waals surface area contributed by atoms with E-state index in [2.05, 4.69) is 5.32 Å². The number of amides is 1. The van der Waals surface area contributed by atoms with Crippen LogP contribution in [0.3, 0.4) is 0 Å². The predicted molar refractivity (Wildman–Crippen MR) is 60.0 cm³/mol. The molecule has 0 radical (unpaired) electrons. The Balaban J connectivity index is 2.52. The number of aliphatic hydroxyl groups excluding tert-OH is 1. The lowest BCUT2D eigenvalue weighted by Gasteiger charge is -2.10. The summed E-state index contributed by atoms with van der Waals surface area (Å²) in [5, 5.41) is 21.8. The number of aromatic hydroxyl groups is 1. The number of carbonyl (C=O) groups excluding carboxylic acids is 1. The third-order valence-corrected chi connectivity index (χ3v) is 2.42. The Bertz CT molecular complexity index is 364. The topological polar surface area (TPSA) is 95.6 Å². The maximum atomic E-state index is 10.5. The molecule has 0 aliphatic heterocycles. The van der Waals surface area contributed by atoms with Crippen LogP contribution in [0.15, 0.2) is 18.2 Å². The summed E-state index contributed by atoms with van der Waals surface area (Å²) in [6, 6.07) is 4.77. The Morgan fingerprint density at radius 2 is 2.25 bits per heavy atom. The number of phenolic OH excluding ortho intramolecular Hbond substituents is 1. The van der Waals surface area contributed by atoms with Crippen molar-refractivity contribution in [3.05, 3.63) is 28.8 Å². The monoisotopic (exact) mass is 244 g/mol. The second-order valence-electron chi connectivity index (χ2n) is 3.29. The Morgan fingerprint density at radius 3 is 2.81 bits per heavy atom. The summed E-state index contributed by atoms with van der Waals surface area (Å²) in [5.41, 5.74) is 5.39. The van der Waals surface area contributed by atoms with E-state index < -0.39 is 12.0 Å². The van der Waals surface area contributed by atoms with Crippen LogP contribution in [-0.4, -0.2) is 28.8 Å². The van der Waals surface area contributed by atoms with Crippen LogP contribution in [0, 0.1) is 0 Å². The van der Waals surface area contributed by atoms with E-state index >= 15 is 0 Å². The fourth-order valence-electron chi connectivity index (χ4n) is 1.16. The minimum atomic E-state index is -1.25. The van der Waals surface area contributed by atoms with Gasteiger partial charge in [0.1, 0.15) is 11.9 Å². The summed E-state index contributed by atoms with van der Waals surface area (Å²) in [6.07, 6.45) is -1.25. The molecule has 1 unspecified atom stereocenters. The third kappa shape index (κ3) is 3.37. The van der Waals surface area contributed by atoms with Crippen LogP contribution < -0.4 is 11.1 Å². The first-order valence-electron chi connectivity index (χ1n) is 4.67. The summed E-state index contributed by atoms with van der Waals surface area (Å²) in [7, 11) is 0. The summed E-state index contributed by atoms with van der Waals surface area (Å²) in [4.78, 5) is 10.5. The molecule has 0 heterocycles. The zero-order valence-corrected chi connectivity index (χ0v) is 9.24. The fraction of sp³-hybridized carbons (Fsp3) is 0.300. The second-order valence-corrected chi connectivity index (χ2v) is 3.69. The molecule has 1 rings (SSSR count). The van der Waals surface area contributed by atoms with Crippen molar-refractivity contribution in [1.29, 1.82) is 0 Å². The Kier molecular flexibility index (Phi) is 4.54. The fourth-order valence-corrected chi connectivity index (χ4v) is 1.39. The van der Waals surface area contributed by atoms with E-state index in [0.29, 0.717) is 10.6 Å². The lowest BCUT2D eigenvalue weighted by Crippen LogP contribution is -2.37. The van der Waals surface area contributed by atoms with Gasteiger partial charge < -0.3 is 21.3 Å². The molecule has 0 aromatic heterocycles. The zero-order chi connectivity index (χ0) is 12.1. The number of aliphatic hydroxyl groups is 1. The van der Waals surface area contributed by atoms with Gasteiger partial charge in [0.25, 0.3) is 0 Å². The Hall–Kier alpha value is -1.30. The molecule has 0 spiro atoms. The van der Waals surface area contributed by atoms with Crippen molar-refractivity contribution in [2.75, 3.05) is 6.54 Å². The smallest absolute Gasteiger partial charge is 0.247 e. The van der Waals surface area contributed by atoms with Gasteiger partial charge in [0.15, 0.2) is 0 Å². The maximum absolute atomic E-state index is 10.5. The largest absolute Gasteiger partial charge is 0.508 e. The second kappa shape index (κ2) is 5.69. The van der Waals surface area contributed by atoms with E-state index in [9.17, 15) is 9.90 Å². The average Bonchev–Trinajstić information content (AvgIpc) is 2.22. The van der Waals surface area contributed by atoms with Gasteiger partial charge >= 0.3 is 0 Å². The highest BCUT2D eigenvalue weighted by molar-refractivity contribution is 6.31. The number of nitrogens with two attached hydrogens (primary N) is 1. The Morgan fingerprint density at radius 1 is 1.56 bits per heavy atom. The first kappa shape index (κ1) is 12.8. The van der Waals surface area contributed by atoms with Gasteiger partial charge in [0, 0.05) is 23.7 Å². The van der Waals surface area contributed by atoms with Gasteiger partial charge in [-0.1, -0.05) is 17.7 Å². The number of rotatable bonds is 5. The normalized spacial score (nSPS) is 12.4. The molecule has 88 valence electrons. The lowest BCUT2D eigenvalue weighted by atomic mass is 10.2. The van der Waals surface area contributed by atoms with E-state index in [1.165, 1.54) is 6.07 Å². The summed E-state index contributed by atoms with van der Waals surface area (Å²) in [5.74, 6) is -0.732. The van der Waals surface area contributed by atoms with Gasteiger partial charge in [-0.3, -0.25) is 4.79 Å². The zero-order valence-electron chi connectivity index (χ0n) is 8.48. The van der Waals surface area contributed by atoms with Gasteiger partial charge in [0.2, 0.25) is 5.91 Å². The van der Waals surface area contributed by atoms with Crippen LogP contribution in [0.25, 0.3) is 0 Å². The van der Waals surface area contributed by atoms with Crippen LogP contribution >= 0.6 is 11.6 Å². The predicted octanol–water partition coefficient (Wildman–Crippen LogP) is -0.0186. The molecule has 0 aliphatic carbocycles. The molecule has 5 N–H and O–H groups in total. The highest BCUT2D eigenvalue weighted by Gasteiger charge is 2.11. The van der Waals surface area contributed by atoms with Crippen LogP contribution in [0.2, 0.25) is 5.02 Å². The molecule has 1 atom stereocenters. The van der Waals surface area contributed by atoms with Crippen molar-refractivity contribution in [2.45, 2.75) is 12.6 Å². The van der Waals surface area contributed by atoms with Crippen molar-refractivity contribution in [1.82, 2.24) is 5.32 Å². The molecule has 0 saturated carbocycles. The first-order valence-corrected chi connectivity index (χ1v) is 5.04. The number of benzene rings is 1. The van der Waals surface area contributed by atoms with Crippen LogP contribution in [0.4, 0.5) is 0 Å². The highest BCUT2D eigenvalue weighted by Crippen LogP contribution is 2.24. The Labute approximate surface area is 97.8 Å². The van der Waals surface area contributed by atoms with Crippen molar-refractivity contribution >= 4 is 17.5 Å². The van der Waals surface area contributed by atoms with E-state index in [0.717, 1.165) is 0 Å². The van der Waals surface area contributed by atoms with Crippen LogP contribution in [0.5, 0.6) is 5.75 Å². The molecule has 5 nitrogen and oxygen atoms in total. The number of nitrogens with one attached hydrogen (secondary N) is 1. The van der Waals surface area contributed by atoms with Crippen molar-refractivity contribution in [3.63, 3.8) is 0 Å². The highest BCUT2D eigenvalue weighted by atomic mass is 35.5. The van der Waals surface area contributed by atoms with Crippen LogP contribution in [-0.2, 0) is 11.3 Å². The van der Waals surface area contributed by atoms with Crippen molar-refractivity contribution in [2.24, 2.45) is 5.73 Å². The summed E-state index contributed by atoms with van der Waals surface area (Å²) >= 11 is 5.85. The molecule has 1 amide bonds. The molecule has 6 heteroatoms. The molecule has 0 fully saturated rings. The van der Waals surface area contributed by atoms with E-state index in [1.807, 2.05) is 0 Å². The van der Waals surface area contributed by atoms with Crippen molar-refractivity contribution in [3.8, 4) is 5.75 Å². The molecule has 0 bridgehead atoms. The first-order chi connectivity index (χ1) is 7.52. The molecule has 1 aromatic rings. The van der Waals surface area contributed by atoms with E-state index in [1.54, 1.807) is 12.1 Å². The SMILES string of the molecule is NC(=O)C(O)CNCc1c(O)cccc1Cl. The molecular weight excluding hydrogens is 232 g/mol. The number of primary amides is 1. The third-order valence-electron chi connectivity index (χ3n) is 2.06. The van der Waals surface area contributed by atoms with Gasteiger partial charge in [-0.15, -0.1) is 0 Å². The molecule has 1 aromatic carbocycles. The number of halogens is 1. The lowest BCUT2D eigenvalue weighted by molar-refractivity contribution is -0.125. The number of phenols is 1. The van der Waals surface area contributed by atoms with Gasteiger partial charge in [-0.05, 0) is 12.1 Å². The number of carbonyl (C=O) groups is 1. The molecule has 0 aliphatic rings. The minimum absolute atomic E-state index is 0.0139. The number of hydrogen-bond acceptors (Lipinski definition) is 4. The molecular formula is C10H13ClN2O3. The number of hydrogen-bond donors (Lipinski definition) is 4. The minimum Gasteiger partial charge on any atom is -0.508 e. The molecule has 0 saturated heterocycles. The molecule has 16 heavy (non-hydrogen) atoms. The van der Waals surface area contributed by atoms with Gasteiger partial charge in [-0.2, -0.15) is 0 Å². The van der Waals surface area contributed by atoms with E-state index in [-0.39, 0.29) is 18.8 Å². The van der Waals surface area contributed by atoms with E-state index in [4.69, 9.17) is 22.4 Å². The summed E-state index contributed by atoms with van der Waals surface area (Å²) < 4.78 is 0. The van der Waals surface area contributed by atoms with Gasteiger partial charge in [0.05, 0.1) is 0 Å². The average molecular weight is 245 g/mol.